The van der Waals surface area contributed by atoms with Crippen LogP contribution in [0, 0.1) is 10.1 Å². The molecule has 0 radical (unpaired) electrons. The maximum atomic E-state index is 10.9. The molecule has 0 saturated heterocycles. The van der Waals surface area contributed by atoms with Crippen LogP contribution >= 0.6 is 23.2 Å². The molecule has 0 unspecified atom stereocenters. The summed E-state index contributed by atoms with van der Waals surface area (Å²) in [7, 11) is 0. The van der Waals surface area contributed by atoms with E-state index in [4.69, 9.17) is 33.4 Å². The van der Waals surface area contributed by atoms with Crippen LogP contribution in [0.3, 0.4) is 0 Å². The molecule has 0 aromatic heterocycles. The Labute approximate surface area is 122 Å². The molecule has 2 N–H and O–H groups in total. The van der Waals surface area contributed by atoms with Gasteiger partial charge in [0.1, 0.15) is 18.8 Å². The SMILES string of the molecule is O=C(O)CN(CC(=O)O)c1cc(Cl)c(Cl)cc1[N+](=O)[O-]. The van der Waals surface area contributed by atoms with Gasteiger partial charge in [-0.2, -0.15) is 0 Å². The third-order valence-corrected chi connectivity index (χ3v) is 2.93. The lowest BCUT2D eigenvalue weighted by molar-refractivity contribution is -0.384. The fourth-order valence-corrected chi connectivity index (χ4v) is 1.79. The molecule has 1 aromatic carbocycles. The van der Waals surface area contributed by atoms with E-state index < -0.39 is 35.6 Å². The molecule has 0 aliphatic heterocycles. The molecule has 0 bridgehead atoms. The average Bonchev–Trinajstić information content (AvgIpc) is 2.29. The predicted octanol–water partition coefficient (Wildman–Crippen LogP) is 1.88. The lowest BCUT2D eigenvalue weighted by Crippen LogP contribution is -2.34. The second-order valence-electron chi connectivity index (χ2n) is 3.66. The molecule has 0 amide bonds. The van der Waals surface area contributed by atoms with E-state index in [0.29, 0.717) is 0 Å². The molecule has 20 heavy (non-hydrogen) atoms. The predicted molar refractivity (Wildman–Crippen MR) is 70.6 cm³/mol. The number of nitro groups is 1. The van der Waals surface area contributed by atoms with Crippen molar-refractivity contribution in [1.29, 1.82) is 0 Å². The second kappa shape index (κ2) is 6.40. The summed E-state index contributed by atoms with van der Waals surface area (Å²) < 4.78 is 0. The van der Waals surface area contributed by atoms with Crippen LogP contribution in [0.25, 0.3) is 0 Å². The third-order valence-electron chi connectivity index (χ3n) is 2.21. The molecular formula is C10H8Cl2N2O6. The third kappa shape index (κ3) is 3.97. The first-order chi connectivity index (χ1) is 9.22. The van der Waals surface area contributed by atoms with Crippen molar-refractivity contribution in [2.24, 2.45) is 0 Å². The van der Waals surface area contributed by atoms with E-state index in [-0.39, 0.29) is 15.7 Å². The summed E-state index contributed by atoms with van der Waals surface area (Å²) in [6, 6.07) is 2.00. The quantitative estimate of drug-likeness (QED) is 0.605. The van der Waals surface area contributed by atoms with Gasteiger partial charge >= 0.3 is 11.9 Å². The summed E-state index contributed by atoms with van der Waals surface area (Å²) in [5.41, 5.74) is -0.754. The second-order valence-corrected chi connectivity index (χ2v) is 4.47. The van der Waals surface area contributed by atoms with E-state index in [1.54, 1.807) is 0 Å². The minimum Gasteiger partial charge on any atom is -0.480 e. The van der Waals surface area contributed by atoms with Crippen LogP contribution in [0.5, 0.6) is 0 Å². The maximum Gasteiger partial charge on any atom is 0.323 e. The summed E-state index contributed by atoms with van der Waals surface area (Å²) in [6.07, 6.45) is 0. The summed E-state index contributed by atoms with van der Waals surface area (Å²) in [4.78, 5) is 32.4. The van der Waals surface area contributed by atoms with Crippen molar-refractivity contribution in [2.75, 3.05) is 18.0 Å². The highest BCUT2D eigenvalue weighted by Gasteiger charge is 2.25. The highest BCUT2D eigenvalue weighted by molar-refractivity contribution is 6.42. The van der Waals surface area contributed by atoms with Gasteiger partial charge in [-0.05, 0) is 6.07 Å². The Balaban J connectivity index is 3.36. The monoisotopic (exact) mass is 322 g/mol. The molecule has 0 aliphatic rings. The van der Waals surface area contributed by atoms with Gasteiger partial charge in [-0.15, -0.1) is 0 Å². The van der Waals surface area contributed by atoms with Gasteiger partial charge in [0.25, 0.3) is 5.69 Å². The minimum absolute atomic E-state index is 0.0481. The highest BCUT2D eigenvalue weighted by atomic mass is 35.5. The largest absolute Gasteiger partial charge is 0.480 e. The van der Waals surface area contributed by atoms with Gasteiger partial charge in [0.2, 0.25) is 0 Å². The van der Waals surface area contributed by atoms with E-state index in [1.807, 2.05) is 0 Å². The van der Waals surface area contributed by atoms with Gasteiger partial charge in [-0.25, -0.2) is 0 Å². The van der Waals surface area contributed by atoms with Crippen molar-refractivity contribution in [3.63, 3.8) is 0 Å². The molecule has 1 rings (SSSR count). The number of halogens is 2. The van der Waals surface area contributed by atoms with E-state index in [9.17, 15) is 19.7 Å². The summed E-state index contributed by atoms with van der Waals surface area (Å²) >= 11 is 11.4. The molecule has 108 valence electrons. The van der Waals surface area contributed by atoms with Crippen LogP contribution < -0.4 is 4.90 Å². The smallest absolute Gasteiger partial charge is 0.323 e. The topological polar surface area (TPSA) is 121 Å². The van der Waals surface area contributed by atoms with Crippen LogP contribution in [0.15, 0.2) is 12.1 Å². The van der Waals surface area contributed by atoms with Crippen molar-refractivity contribution in [3.8, 4) is 0 Å². The standard InChI is InChI=1S/C10H8Cl2N2O6/c11-5-1-7(8(14(19)20)2-6(5)12)13(3-9(15)16)4-10(17)18/h1-2H,3-4H2,(H,15,16)(H,17,18). The molecular weight excluding hydrogens is 315 g/mol. The summed E-state index contributed by atoms with van der Waals surface area (Å²) in [6.45, 7) is -1.46. The van der Waals surface area contributed by atoms with E-state index in [0.717, 1.165) is 17.0 Å². The van der Waals surface area contributed by atoms with Crippen LogP contribution in [-0.2, 0) is 9.59 Å². The highest BCUT2D eigenvalue weighted by Crippen LogP contribution is 2.36. The number of rotatable bonds is 6. The Morgan fingerprint density at radius 1 is 1.15 bits per heavy atom. The van der Waals surface area contributed by atoms with Crippen LogP contribution in [0.2, 0.25) is 10.0 Å². The lowest BCUT2D eigenvalue weighted by atomic mass is 10.2. The number of carbonyl (C=O) groups is 2. The molecule has 10 heteroatoms. The number of nitro benzene ring substituents is 1. The molecule has 1 aromatic rings. The normalized spacial score (nSPS) is 10.1. The van der Waals surface area contributed by atoms with Crippen molar-refractivity contribution in [3.05, 3.63) is 32.3 Å². The van der Waals surface area contributed by atoms with Gasteiger partial charge in [0.15, 0.2) is 0 Å². The van der Waals surface area contributed by atoms with E-state index in [2.05, 4.69) is 0 Å². The maximum absolute atomic E-state index is 10.9. The molecule has 0 fully saturated rings. The Kier molecular flexibility index (Phi) is 5.12. The van der Waals surface area contributed by atoms with Gasteiger partial charge in [-0.3, -0.25) is 19.7 Å². The first kappa shape index (κ1) is 16.0. The number of carboxylic acids is 2. The van der Waals surface area contributed by atoms with E-state index in [1.165, 1.54) is 0 Å². The molecule has 0 saturated carbocycles. The zero-order valence-electron chi connectivity index (χ0n) is 9.75. The number of hydrogen-bond donors (Lipinski definition) is 2. The Hall–Kier alpha value is -2.06. The minimum atomic E-state index is -1.34. The number of anilines is 1. The van der Waals surface area contributed by atoms with Crippen LogP contribution in [0.1, 0.15) is 0 Å². The Morgan fingerprint density at radius 3 is 2.00 bits per heavy atom. The van der Waals surface area contributed by atoms with Gasteiger partial charge in [0, 0.05) is 6.07 Å². The zero-order chi connectivity index (χ0) is 15.4. The zero-order valence-corrected chi connectivity index (χ0v) is 11.3. The van der Waals surface area contributed by atoms with Crippen molar-refractivity contribution >= 4 is 46.5 Å². The van der Waals surface area contributed by atoms with E-state index >= 15 is 0 Å². The van der Waals surface area contributed by atoms with Crippen LogP contribution in [-0.4, -0.2) is 40.2 Å². The molecule has 0 heterocycles. The number of carboxylic acid groups (broad SMARTS) is 2. The van der Waals surface area contributed by atoms with Gasteiger partial charge < -0.3 is 15.1 Å². The van der Waals surface area contributed by atoms with Crippen LogP contribution in [0.4, 0.5) is 11.4 Å². The lowest BCUT2D eigenvalue weighted by Gasteiger charge is -2.20. The number of nitrogens with zero attached hydrogens (tertiary/aromatic N) is 2. The van der Waals surface area contributed by atoms with Gasteiger partial charge in [-0.1, -0.05) is 23.2 Å². The molecule has 0 spiro atoms. The summed E-state index contributed by atoms with van der Waals surface area (Å²) in [5.74, 6) is -2.68. The number of benzene rings is 1. The number of hydrogen-bond acceptors (Lipinski definition) is 5. The first-order valence-corrected chi connectivity index (χ1v) is 5.80. The summed E-state index contributed by atoms with van der Waals surface area (Å²) in [5, 5.41) is 28.3. The fraction of sp³-hybridized carbons (Fsp3) is 0.200. The Morgan fingerprint density at radius 2 is 1.60 bits per heavy atom. The Bertz CT molecular complexity index is 561. The van der Waals surface area contributed by atoms with Crippen molar-refractivity contribution < 1.29 is 24.7 Å². The molecule has 8 nitrogen and oxygen atoms in total. The fourth-order valence-electron chi connectivity index (χ4n) is 1.48. The van der Waals surface area contributed by atoms with Gasteiger partial charge in [0.05, 0.1) is 15.0 Å². The number of aliphatic carboxylic acids is 2. The first-order valence-electron chi connectivity index (χ1n) is 5.04. The molecule has 0 atom stereocenters. The average molecular weight is 323 g/mol. The molecule has 0 aliphatic carbocycles. The van der Waals surface area contributed by atoms with Crippen molar-refractivity contribution in [1.82, 2.24) is 0 Å². The van der Waals surface area contributed by atoms with Crippen molar-refractivity contribution in [2.45, 2.75) is 0 Å².